The van der Waals surface area contributed by atoms with Crippen molar-refractivity contribution in [1.29, 1.82) is 0 Å². The minimum Gasteiger partial charge on any atom is -0.309 e. The molecule has 0 unspecified atom stereocenters. The average molecular weight is 537 g/mol. The molecular weight excluding hydrogens is 496 g/mol. The van der Waals surface area contributed by atoms with Crippen molar-refractivity contribution in [2.24, 2.45) is 0 Å². The second-order valence-corrected chi connectivity index (χ2v) is 11.4. The Bertz CT molecular complexity index is 1250. The summed E-state index contributed by atoms with van der Waals surface area (Å²) in [6, 6.07) is 25.8. The van der Waals surface area contributed by atoms with Crippen molar-refractivity contribution in [1.82, 2.24) is 4.90 Å². The lowest BCUT2D eigenvalue weighted by Crippen LogP contribution is -2.47. The van der Waals surface area contributed by atoms with Crippen LogP contribution >= 0.6 is 0 Å². The van der Waals surface area contributed by atoms with Crippen molar-refractivity contribution >= 4 is 21.7 Å². The summed E-state index contributed by atoms with van der Waals surface area (Å²) < 4.78 is 26.5. The number of nitrogens with zero attached hydrogens (tertiary/aromatic N) is 2. The van der Waals surface area contributed by atoms with Crippen LogP contribution in [0.3, 0.4) is 0 Å². The summed E-state index contributed by atoms with van der Waals surface area (Å²) in [6.45, 7) is 9.23. The second-order valence-electron chi connectivity index (χ2n) is 9.70. The standard InChI is InChI=1S/C23H30N2O.C8H10O3S/c1-3-23(26)25(21-10-5-4-6-11-21)22-13-16-24(17-14-22)15-12-20-9-7-8-19(2)18-20;1-7-3-5-8(6-4-7)12(9,10)11-2/h4-11,18,22H,3,12-17H2,1-2H3;3-6H,1-2H3. The molecule has 3 aromatic rings. The number of hydrogen-bond donors (Lipinski definition) is 0. The number of amides is 1. The second kappa shape index (κ2) is 14.2. The molecule has 3 aromatic carbocycles. The Labute approximate surface area is 228 Å². The molecule has 0 aromatic heterocycles. The van der Waals surface area contributed by atoms with E-state index in [1.807, 2.05) is 36.9 Å². The maximum atomic E-state index is 12.5. The van der Waals surface area contributed by atoms with Gasteiger partial charge in [-0.15, -0.1) is 0 Å². The largest absolute Gasteiger partial charge is 0.309 e. The van der Waals surface area contributed by atoms with E-state index in [2.05, 4.69) is 52.4 Å². The highest BCUT2D eigenvalue weighted by Gasteiger charge is 2.28. The Balaban J connectivity index is 0.000000279. The summed E-state index contributed by atoms with van der Waals surface area (Å²) >= 11 is 0. The van der Waals surface area contributed by atoms with Crippen molar-refractivity contribution in [2.75, 3.05) is 31.6 Å². The van der Waals surface area contributed by atoms with Crippen molar-refractivity contribution in [3.63, 3.8) is 0 Å². The van der Waals surface area contributed by atoms with Crippen LogP contribution in [0.2, 0.25) is 0 Å². The first-order valence-corrected chi connectivity index (χ1v) is 14.7. The van der Waals surface area contributed by atoms with Crippen LogP contribution in [0.4, 0.5) is 5.69 Å². The molecule has 1 fully saturated rings. The Morgan fingerprint density at radius 2 is 1.58 bits per heavy atom. The van der Waals surface area contributed by atoms with E-state index in [9.17, 15) is 13.2 Å². The van der Waals surface area contributed by atoms with Crippen LogP contribution in [0.5, 0.6) is 0 Å². The number of para-hydroxylation sites is 1. The minimum absolute atomic E-state index is 0.190. The third-order valence-electron chi connectivity index (χ3n) is 6.86. The third kappa shape index (κ3) is 8.51. The number of carbonyl (C=O) groups is 1. The Kier molecular flexibility index (Phi) is 11.1. The predicted octanol–water partition coefficient (Wildman–Crippen LogP) is 5.78. The molecule has 0 atom stereocenters. The molecule has 0 saturated carbocycles. The molecule has 204 valence electrons. The molecule has 1 aliphatic rings. The zero-order valence-corrected chi connectivity index (χ0v) is 23.8. The van der Waals surface area contributed by atoms with Crippen molar-refractivity contribution < 1.29 is 17.4 Å². The van der Waals surface area contributed by atoms with E-state index in [-0.39, 0.29) is 10.8 Å². The SMILES string of the molecule is CCC(=O)N(c1ccccc1)C1CCN(CCc2cccc(C)c2)CC1.COS(=O)(=O)c1ccc(C)cc1. The zero-order chi connectivity index (χ0) is 27.5. The van der Waals surface area contributed by atoms with E-state index in [4.69, 9.17) is 0 Å². The molecule has 7 heteroatoms. The summed E-state index contributed by atoms with van der Waals surface area (Å²) in [5.74, 6) is 0.231. The molecule has 4 rings (SSSR count). The molecule has 0 radical (unpaired) electrons. The van der Waals surface area contributed by atoms with Crippen molar-refractivity contribution in [3.05, 3.63) is 95.6 Å². The van der Waals surface area contributed by atoms with E-state index in [1.54, 1.807) is 12.1 Å². The fourth-order valence-electron chi connectivity index (χ4n) is 4.67. The van der Waals surface area contributed by atoms with Gasteiger partial charge in [-0.1, -0.05) is 72.6 Å². The van der Waals surface area contributed by atoms with Crippen LogP contribution in [0.25, 0.3) is 0 Å². The first-order chi connectivity index (χ1) is 18.2. The topological polar surface area (TPSA) is 66.9 Å². The maximum Gasteiger partial charge on any atom is 0.296 e. The molecule has 0 bridgehead atoms. The van der Waals surface area contributed by atoms with Gasteiger partial charge in [-0.3, -0.25) is 8.98 Å². The highest BCUT2D eigenvalue weighted by Crippen LogP contribution is 2.24. The van der Waals surface area contributed by atoms with Gasteiger partial charge in [0.1, 0.15) is 0 Å². The molecular formula is C31H40N2O4S. The molecule has 38 heavy (non-hydrogen) atoms. The summed E-state index contributed by atoms with van der Waals surface area (Å²) in [6.07, 6.45) is 3.76. The first kappa shape index (κ1) is 29.6. The van der Waals surface area contributed by atoms with Crippen LogP contribution in [0.15, 0.2) is 83.8 Å². The first-order valence-electron chi connectivity index (χ1n) is 13.3. The van der Waals surface area contributed by atoms with Crippen LogP contribution < -0.4 is 4.90 Å². The minimum atomic E-state index is -3.51. The third-order valence-corrected chi connectivity index (χ3v) is 8.14. The summed E-state index contributed by atoms with van der Waals surface area (Å²) in [5.41, 5.74) is 4.81. The number of carbonyl (C=O) groups excluding carboxylic acids is 1. The van der Waals surface area contributed by atoms with Crippen LogP contribution in [0.1, 0.15) is 42.9 Å². The molecule has 0 aliphatic carbocycles. The number of anilines is 1. The highest BCUT2D eigenvalue weighted by atomic mass is 32.2. The van der Waals surface area contributed by atoms with Gasteiger partial charge < -0.3 is 9.80 Å². The molecule has 1 aliphatic heterocycles. The number of hydrogen-bond acceptors (Lipinski definition) is 5. The van der Waals surface area contributed by atoms with E-state index in [0.29, 0.717) is 12.5 Å². The number of likely N-dealkylation sites (tertiary alicyclic amines) is 1. The van der Waals surface area contributed by atoms with Crippen molar-refractivity contribution in [2.45, 2.75) is 57.4 Å². The van der Waals surface area contributed by atoms with Gasteiger partial charge in [0.15, 0.2) is 0 Å². The zero-order valence-electron chi connectivity index (χ0n) is 23.0. The van der Waals surface area contributed by atoms with Gasteiger partial charge in [0.05, 0.1) is 12.0 Å². The van der Waals surface area contributed by atoms with Crippen molar-refractivity contribution in [3.8, 4) is 0 Å². The van der Waals surface area contributed by atoms with E-state index in [0.717, 1.165) is 57.3 Å². The quantitative estimate of drug-likeness (QED) is 0.342. The van der Waals surface area contributed by atoms with Gasteiger partial charge in [0.25, 0.3) is 10.1 Å². The number of piperidine rings is 1. The fraction of sp³-hybridized carbons (Fsp3) is 0.387. The van der Waals surface area contributed by atoms with Gasteiger partial charge in [0.2, 0.25) is 5.91 Å². The van der Waals surface area contributed by atoms with Gasteiger partial charge in [-0.25, -0.2) is 0 Å². The summed E-state index contributed by atoms with van der Waals surface area (Å²) in [5, 5.41) is 0. The summed E-state index contributed by atoms with van der Waals surface area (Å²) in [4.78, 5) is 17.3. The van der Waals surface area contributed by atoms with Crippen LogP contribution in [-0.4, -0.2) is 52.0 Å². The van der Waals surface area contributed by atoms with E-state index in [1.165, 1.54) is 23.3 Å². The maximum absolute atomic E-state index is 12.5. The Morgan fingerprint density at radius 3 is 2.16 bits per heavy atom. The number of rotatable bonds is 8. The van der Waals surface area contributed by atoms with E-state index < -0.39 is 10.1 Å². The lowest BCUT2D eigenvalue weighted by Gasteiger charge is -2.38. The number of benzene rings is 3. The average Bonchev–Trinajstić information content (AvgIpc) is 2.94. The predicted molar refractivity (Wildman–Crippen MR) is 154 cm³/mol. The molecule has 6 nitrogen and oxygen atoms in total. The number of aryl methyl sites for hydroxylation is 2. The molecule has 1 heterocycles. The Hall–Kier alpha value is -3.00. The summed E-state index contributed by atoms with van der Waals surface area (Å²) in [7, 11) is -2.37. The van der Waals surface area contributed by atoms with Gasteiger partial charge in [-0.2, -0.15) is 8.42 Å². The normalized spacial score (nSPS) is 14.4. The Morgan fingerprint density at radius 1 is 0.921 bits per heavy atom. The van der Waals surface area contributed by atoms with E-state index >= 15 is 0 Å². The lowest BCUT2D eigenvalue weighted by molar-refractivity contribution is -0.119. The lowest BCUT2D eigenvalue weighted by atomic mass is 10.0. The molecule has 1 saturated heterocycles. The monoisotopic (exact) mass is 536 g/mol. The molecule has 1 amide bonds. The van der Waals surface area contributed by atoms with Crippen LogP contribution in [0, 0.1) is 13.8 Å². The molecule has 0 spiro atoms. The van der Waals surface area contributed by atoms with Gasteiger partial charge in [0, 0.05) is 37.8 Å². The smallest absolute Gasteiger partial charge is 0.296 e. The van der Waals surface area contributed by atoms with Gasteiger partial charge >= 0.3 is 0 Å². The van der Waals surface area contributed by atoms with Crippen LogP contribution in [-0.2, 0) is 25.5 Å². The molecule has 0 N–H and O–H groups in total. The van der Waals surface area contributed by atoms with Gasteiger partial charge in [-0.05, 0) is 62.9 Å². The fourth-order valence-corrected chi connectivity index (χ4v) is 5.34. The highest BCUT2D eigenvalue weighted by molar-refractivity contribution is 7.86.